The third-order valence-corrected chi connectivity index (χ3v) is 2.22. The molecule has 0 rings (SSSR count). The van der Waals surface area contributed by atoms with E-state index >= 15 is 0 Å². The van der Waals surface area contributed by atoms with Gasteiger partial charge >= 0.3 is 18.0 Å². The zero-order chi connectivity index (χ0) is 16.8. The van der Waals surface area contributed by atoms with E-state index in [0.717, 1.165) is 0 Å². The molecule has 0 heterocycles. The van der Waals surface area contributed by atoms with Gasteiger partial charge in [-0.2, -0.15) is 0 Å². The first-order chi connectivity index (χ1) is 9.42. The summed E-state index contributed by atoms with van der Waals surface area (Å²) in [4.78, 5) is 44.6. The Morgan fingerprint density at radius 3 is 1.95 bits per heavy atom. The van der Waals surface area contributed by atoms with Gasteiger partial charge in [-0.15, -0.1) is 0 Å². The minimum absolute atomic E-state index is 0.442. The highest BCUT2D eigenvalue weighted by molar-refractivity contribution is 5.89. The monoisotopic (exact) mass is 303 g/mol. The Labute approximate surface area is 122 Å². The number of carboxylic acids is 2. The summed E-state index contributed by atoms with van der Waals surface area (Å²) in [5.74, 6) is -3.27. The predicted octanol–water partition coefficient (Wildman–Crippen LogP) is -0.483. The quantitative estimate of drug-likeness (QED) is 0.448. The summed E-state index contributed by atoms with van der Waals surface area (Å²) < 4.78 is 0. The number of carbonyl (C=O) groups is 4. The Morgan fingerprint density at radius 1 is 1.05 bits per heavy atom. The zero-order valence-corrected chi connectivity index (χ0v) is 12.4. The van der Waals surface area contributed by atoms with Crippen molar-refractivity contribution >= 4 is 23.9 Å². The second-order valence-corrected chi connectivity index (χ2v) is 5.57. The van der Waals surface area contributed by atoms with Gasteiger partial charge in [-0.3, -0.25) is 9.59 Å². The first-order valence-corrected chi connectivity index (χ1v) is 6.26. The number of hydrogen-bond donors (Lipinski definition) is 5. The molecule has 9 nitrogen and oxygen atoms in total. The van der Waals surface area contributed by atoms with Crippen molar-refractivity contribution in [1.29, 1.82) is 0 Å². The van der Waals surface area contributed by atoms with Crippen LogP contribution >= 0.6 is 0 Å². The molecule has 0 saturated heterocycles. The van der Waals surface area contributed by atoms with E-state index in [2.05, 4.69) is 10.6 Å². The molecule has 0 aliphatic rings. The minimum Gasteiger partial charge on any atom is -0.481 e. The number of carboxylic acid groups (broad SMARTS) is 2. The van der Waals surface area contributed by atoms with E-state index < -0.39 is 47.9 Å². The van der Waals surface area contributed by atoms with E-state index in [1.165, 1.54) is 6.92 Å². The minimum atomic E-state index is -1.57. The van der Waals surface area contributed by atoms with E-state index in [0.29, 0.717) is 0 Å². The average Bonchev–Trinajstić information content (AvgIpc) is 2.24. The highest BCUT2D eigenvalue weighted by Crippen LogP contribution is 1.99. The first-order valence-electron chi connectivity index (χ1n) is 6.26. The summed E-state index contributed by atoms with van der Waals surface area (Å²) in [7, 11) is 0. The van der Waals surface area contributed by atoms with E-state index in [9.17, 15) is 19.2 Å². The molecule has 2 unspecified atom stereocenters. The lowest BCUT2D eigenvalue weighted by Crippen LogP contribution is -2.55. The van der Waals surface area contributed by atoms with Crippen LogP contribution in [0.4, 0.5) is 4.79 Å². The van der Waals surface area contributed by atoms with Crippen molar-refractivity contribution < 1.29 is 29.4 Å². The van der Waals surface area contributed by atoms with Crippen molar-refractivity contribution in [3.05, 3.63) is 0 Å². The molecule has 9 heteroatoms. The maximum absolute atomic E-state index is 11.7. The Balaban J connectivity index is 4.50. The van der Waals surface area contributed by atoms with Gasteiger partial charge in [-0.25, -0.2) is 9.59 Å². The number of urea groups is 1. The molecule has 0 aromatic carbocycles. The van der Waals surface area contributed by atoms with E-state index in [1.807, 2.05) is 5.32 Å². The van der Waals surface area contributed by atoms with Crippen LogP contribution in [-0.2, 0) is 14.4 Å². The van der Waals surface area contributed by atoms with Crippen LogP contribution in [0.15, 0.2) is 0 Å². The van der Waals surface area contributed by atoms with Gasteiger partial charge in [0.05, 0.1) is 6.42 Å². The molecular weight excluding hydrogens is 282 g/mol. The Morgan fingerprint density at radius 2 is 1.57 bits per heavy atom. The number of aliphatic carboxylic acids is 2. The van der Waals surface area contributed by atoms with Gasteiger partial charge in [-0.1, -0.05) is 0 Å². The summed E-state index contributed by atoms with van der Waals surface area (Å²) in [5, 5.41) is 24.2. The van der Waals surface area contributed by atoms with Crippen molar-refractivity contribution in [3.8, 4) is 0 Å². The van der Waals surface area contributed by atoms with Crippen LogP contribution in [0.1, 0.15) is 34.1 Å². The van der Waals surface area contributed by atoms with Crippen molar-refractivity contribution in [1.82, 2.24) is 16.0 Å². The summed E-state index contributed by atoms with van der Waals surface area (Å²) in [5.41, 5.74) is -0.476. The van der Waals surface area contributed by atoms with Gasteiger partial charge in [-0.05, 0) is 27.7 Å². The van der Waals surface area contributed by atoms with Gasteiger partial charge in [0.25, 0.3) is 0 Å². The van der Waals surface area contributed by atoms with Gasteiger partial charge in [0, 0.05) is 5.54 Å². The maximum Gasteiger partial charge on any atom is 0.326 e. The van der Waals surface area contributed by atoms with Crippen molar-refractivity contribution in [3.63, 3.8) is 0 Å². The SMILES string of the molecule is CC(NC(=O)NC(CC(=O)O)C(=O)O)C(=O)NC(C)(C)C. The summed E-state index contributed by atoms with van der Waals surface area (Å²) in [6, 6.07) is -3.40. The fourth-order valence-corrected chi connectivity index (χ4v) is 1.31. The molecule has 3 amide bonds. The van der Waals surface area contributed by atoms with Gasteiger partial charge in [0.2, 0.25) is 5.91 Å². The number of carbonyl (C=O) groups excluding carboxylic acids is 2. The lowest BCUT2D eigenvalue weighted by molar-refractivity contribution is -0.145. The maximum atomic E-state index is 11.7. The second kappa shape index (κ2) is 7.46. The molecule has 5 N–H and O–H groups in total. The molecule has 120 valence electrons. The highest BCUT2D eigenvalue weighted by Gasteiger charge is 2.25. The fourth-order valence-electron chi connectivity index (χ4n) is 1.31. The largest absolute Gasteiger partial charge is 0.481 e. The Bertz CT molecular complexity index is 429. The highest BCUT2D eigenvalue weighted by atomic mass is 16.4. The molecule has 0 radical (unpaired) electrons. The molecule has 0 aromatic heterocycles. The lowest BCUT2D eigenvalue weighted by atomic mass is 10.1. The van der Waals surface area contributed by atoms with E-state index in [1.54, 1.807) is 20.8 Å². The van der Waals surface area contributed by atoms with Crippen LogP contribution in [0.5, 0.6) is 0 Å². The number of nitrogens with one attached hydrogen (secondary N) is 3. The Hall–Kier alpha value is -2.32. The smallest absolute Gasteiger partial charge is 0.326 e. The van der Waals surface area contributed by atoms with Crippen molar-refractivity contribution in [2.45, 2.75) is 51.7 Å². The normalized spacial score (nSPS) is 13.7. The van der Waals surface area contributed by atoms with Gasteiger partial charge in [0.1, 0.15) is 12.1 Å². The summed E-state index contributed by atoms with van der Waals surface area (Å²) in [6.45, 7) is 6.73. The van der Waals surface area contributed by atoms with Crippen LogP contribution in [0, 0.1) is 0 Å². The third kappa shape index (κ3) is 8.45. The van der Waals surface area contributed by atoms with Crippen molar-refractivity contribution in [2.24, 2.45) is 0 Å². The molecule has 21 heavy (non-hydrogen) atoms. The summed E-state index contributed by atoms with van der Waals surface area (Å²) in [6.07, 6.45) is -0.759. The lowest BCUT2D eigenvalue weighted by Gasteiger charge is -2.24. The van der Waals surface area contributed by atoms with E-state index in [-0.39, 0.29) is 0 Å². The molecule has 0 aliphatic heterocycles. The zero-order valence-electron chi connectivity index (χ0n) is 12.4. The predicted molar refractivity (Wildman–Crippen MR) is 72.7 cm³/mol. The number of rotatable bonds is 6. The fraction of sp³-hybridized carbons (Fsp3) is 0.667. The molecule has 0 aromatic rings. The molecule has 0 fully saturated rings. The van der Waals surface area contributed by atoms with Gasteiger partial charge < -0.3 is 26.2 Å². The first kappa shape index (κ1) is 18.7. The molecule has 0 bridgehead atoms. The van der Waals surface area contributed by atoms with Crippen LogP contribution < -0.4 is 16.0 Å². The van der Waals surface area contributed by atoms with Crippen LogP contribution in [0.3, 0.4) is 0 Å². The molecule has 0 spiro atoms. The van der Waals surface area contributed by atoms with Crippen LogP contribution in [0.25, 0.3) is 0 Å². The molecular formula is C12H21N3O6. The van der Waals surface area contributed by atoms with Crippen molar-refractivity contribution in [2.75, 3.05) is 0 Å². The van der Waals surface area contributed by atoms with E-state index in [4.69, 9.17) is 10.2 Å². The Kier molecular flexibility index (Phi) is 6.64. The standard InChI is InChI=1S/C12H21N3O6/c1-6(9(18)15-12(2,3)4)13-11(21)14-7(10(19)20)5-8(16)17/h6-7H,5H2,1-4H3,(H,15,18)(H,16,17)(H,19,20)(H2,13,14,21). The molecule has 2 atom stereocenters. The average molecular weight is 303 g/mol. The second-order valence-electron chi connectivity index (χ2n) is 5.57. The number of amides is 3. The number of hydrogen-bond acceptors (Lipinski definition) is 4. The van der Waals surface area contributed by atoms with Crippen LogP contribution in [-0.4, -0.2) is 51.7 Å². The topological polar surface area (TPSA) is 145 Å². The van der Waals surface area contributed by atoms with Gasteiger partial charge in [0.15, 0.2) is 0 Å². The molecule has 0 saturated carbocycles. The summed E-state index contributed by atoms with van der Waals surface area (Å²) >= 11 is 0. The molecule has 0 aliphatic carbocycles. The van der Waals surface area contributed by atoms with Crippen LogP contribution in [0.2, 0.25) is 0 Å². The third-order valence-electron chi connectivity index (χ3n) is 2.22.